The van der Waals surface area contributed by atoms with E-state index in [1.807, 2.05) is 0 Å². The van der Waals surface area contributed by atoms with E-state index in [0.29, 0.717) is 12.1 Å². The first-order valence-electron chi connectivity index (χ1n) is 3.68. The molecule has 2 nitrogen and oxygen atoms in total. The molecule has 0 bridgehead atoms. The molecule has 0 rings (SSSR count). The van der Waals surface area contributed by atoms with Crippen LogP contribution in [0.2, 0.25) is 0 Å². The SMILES string of the molecule is CC(C)NC(Cl)NC(C)C. The van der Waals surface area contributed by atoms with Crippen LogP contribution in [0.1, 0.15) is 27.7 Å². The minimum absolute atomic E-state index is 0.111. The lowest BCUT2D eigenvalue weighted by Crippen LogP contribution is -2.44. The molecule has 0 radical (unpaired) electrons. The minimum atomic E-state index is -0.111. The third kappa shape index (κ3) is 6.33. The summed E-state index contributed by atoms with van der Waals surface area (Å²) < 4.78 is 0. The fraction of sp³-hybridized carbons (Fsp3) is 1.00. The van der Waals surface area contributed by atoms with Crippen molar-refractivity contribution in [3.05, 3.63) is 0 Å². The van der Waals surface area contributed by atoms with Crippen LogP contribution in [0.4, 0.5) is 0 Å². The molecule has 0 saturated heterocycles. The maximum absolute atomic E-state index is 5.85. The van der Waals surface area contributed by atoms with Crippen molar-refractivity contribution < 1.29 is 0 Å². The van der Waals surface area contributed by atoms with Crippen LogP contribution in [-0.2, 0) is 0 Å². The van der Waals surface area contributed by atoms with Gasteiger partial charge in [-0.15, -0.1) is 0 Å². The average Bonchev–Trinajstić information content (AvgIpc) is 1.58. The van der Waals surface area contributed by atoms with E-state index in [0.717, 1.165) is 0 Å². The van der Waals surface area contributed by atoms with E-state index in [1.165, 1.54) is 0 Å². The van der Waals surface area contributed by atoms with E-state index < -0.39 is 0 Å². The summed E-state index contributed by atoms with van der Waals surface area (Å²) >= 11 is 5.85. The Labute approximate surface area is 68.3 Å². The zero-order valence-electron chi connectivity index (χ0n) is 7.11. The van der Waals surface area contributed by atoms with E-state index in [9.17, 15) is 0 Å². The fourth-order valence-corrected chi connectivity index (χ4v) is 1.14. The van der Waals surface area contributed by atoms with Gasteiger partial charge in [0.2, 0.25) is 0 Å². The van der Waals surface area contributed by atoms with E-state index in [1.54, 1.807) is 0 Å². The molecule has 0 heterocycles. The molecule has 3 heteroatoms. The topological polar surface area (TPSA) is 24.1 Å². The van der Waals surface area contributed by atoms with Gasteiger partial charge in [0.1, 0.15) is 5.62 Å². The number of hydrogen-bond acceptors (Lipinski definition) is 2. The van der Waals surface area contributed by atoms with Crippen LogP contribution >= 0.6 is 11.6 Å². The highest BCUT2D eigenvalue weighted by atomic mass is 35.5. The lowest BCUT2D eigenvalue weighted by atomic mass is 10.4. The Morgan fingerprint density at radius 3 is 1.40 bits per heavy atom. The zero-order chi connectivity index (χ0) is 8.15. The van der Waals surface area contributed by atoms with Crippen LogP contribution in [0.5, 0.6) is 0 Å². The second-order valence-corrected chi connectivity index (χ2v) is 3.44. The first-order chi connectivity index (χ1) is 4.52. The average molecular weight is 165 g/mol. The van der Waals surface area contributed by atoms with E-state index in [-0.39, 0.29) is 5.62 Å². The molecule has 0 aliphatic carbocycles. The van der Waals surface area contributed by atoms with Crippen molar-refractivity contribution in [3.63, 3.8) is 0 Å². The van der Waals surface area contributed by atoms with Crippen molar-refractivity contribution in [3.8, 4) is 0 Å². The number of rotatable bonds is 4. The molecule has 0 aliphatic rings. The molecule has 0 saturated carbocycles. The van der Waals surface area contributed by atoms with Crippen molar-refractivity contribution in [1.29, 1.82) is 0 Å². The van der Waals surface area contributed by atoms with Gasteiger partial charge in [-0.05, 0) is 27.7 Å². The number of halogens is 1. The van der Waals surface area contributed by atoms with Crippen molar-refractivity contribution in [2.75, 3.05) is 0 Å². The number of nitrogens with one attached hydrogen (secondary N) is 2. The van der Waals surface area contributed by atoms with E-state index in [2.05, 4.69) is 38.3 Å². The van der Waals surface area contributed by atoms with Crippen LogP contribution in [0.25, 0.3) is 0 Å². The maximum atomic E-state index is 5.85. The summed E-state index contributed by atoms with van der Waals surface area (Å²) in [5, 5.41) is 6.26. The lowest BCUT2D eigenvalue weighted by Gasteiger charge is -2.18. The fourth-order valence-electron chi connectivity index (χ4n) is 0.633. The lowest BCUT2D eigenvalue weighted by molar-refractivity contribution is 0.453. The third-order valence-electron chi connectivity index (χ3n) is 0.959. The van der Waals surface area contributed by atoms with Gasteiger partial charge < -0.3 is 0 Å². The second kappa shape index (κ2) is 4.94. The quantitative estimate of drug-likeness (QED) is 0.374. The molecule has 0 aromatic carbocycles. The first kappa shape index (κ1) is 10.2. The molecule has 0 aromatic heterocycles. The molecule has 0 aliphatic heterocycles. The van der Waals surface area contributed by atoms with Crippen LogP contribution < -0.4 is 10.6 Å². The summed E-state index contributed by atoms with van der Waals surface area (Å²) in [5.41, 5.74) is -0.111. The monoisotopic (exact) mass is 164 g/mol. The molecule has 0 spiro atoms. The Hall–Kier alpha value is 0.210. The molecule has 2 N–H and O–H groups in total. The molecule has 10 heavy (non-hydrogen) atoms. The summed E-state index contributed by atoms with van der Waals surface area (Å²) in [6, 6.07) is 0.850. The van der Waals surface area contributed by atoms with Gasteiger partial charge in [0.15, 0.2) is 0 Å². The third-order valence-corrected chi connectivity index (χ3v) is 1.21. The van der Waals surface area contributed by atoms with Crippen molar-refractivity contribution in [1.82, 2.24) is 10.6 Å². The predicted octanol–water partition coefficient (Wildman–Crippen LogP) is 1.50. The highest BCUT2D eigenvalue weighted by molar-refractivity contribution is 6.20. The van der Waals surface area contributed by atoms with E-state index in [4.69, 9.17) is 11.6 Å². The van der Waals surface area contributed by atoms with Gasteiger partial charge in [0.05, 0.1) is 0 Å². The highest BCUT2D eigenvalue weighted by Crippen LogP contribution is 1.90. The highest BCUT2D eigenvalue weighted by Gasteiger charge is 2.04. The van der Waals surface area contributed by atoms with Gasteiger partial charge in [0.25, 0.3) is 0 Å². The summed E-state index contributed by atoms with van der Waals surface area (Å²) in [6.07, 6.45) is 0. The predicted molar refractivity (Wildman–Crippen MR) is 46.2 cm³/mol. The van der Waals surface area contributed by atoms with Gasteiger partial charge >= 0.3 is 0 Å². The van der Waals surface area contributed by atoms with Crippen LogP contribution in [-0.4, -0.2) is 17.7 Å². The van der Waals surface area contributed by atoms with E-state index >= 15 is 0 Å². The smallest absolute Gasteiger partial charge is 0.135 e. The molecule has 0 fully saturated rings. The Morgan fingerprint density at radius 1 is 0.900 bits per heavy atom. The summed E-state index contributed by atoms with van der Waals surface area (Å²) in [4.78, 5) is 0. The second-order valence-electron chi connectivity index (χ2n) is 3.01. The normalized spacial score (nSPS) is 12.0. The van der Waals surface area contributed by atoms with Gasteiger partial charge in [-0.1, -0.05) is 11.6 Å². The summed E-state index contributed by atoms with van der Waals surface area (Å²) in [7, 11) is 0. The standard InChI is InChI=1S/C7H17ClN2/c1-5(2)9-7(8)10-6(3)4/h5-7,9-10H,1-4H3. The van der Waals surface area contributed by atoms with Crippen molar-refractivity contribution in [2.24, 2.45) is 0 Å². The molecular formula is C7H17ClN2. The number of hydrogen-bond donors (Lipinski definition) is 2. The first-order valence-corrected chi connectivity index (χ1v) is 4.12. The van der Waals surface area contributed by atoms with Crippen LogP contribution in [0, 0.1) is 0 Å². The molecule has 62 valence electrons. The molecule has 0 aromatic rings. The molecule has 0 amide bonds. The van der Waals surface area contributed by atoms with Gasteiger partial charge in [-0.2, -0.15) is 0 Å². The Bertz CT molecular complexity index is 73.7. The van der Waals surface area contributed by atoms with Gasteiger partial charge in [-0.25, -0.2) is 0 Å². The Morgan fingerprint density at radius 2 is 1.20 bits per heavy atom. The molecule has 0 atom stereocenters. The Kier molecular flexibility index (Phi) is 5.04. The maximum Gasteiger partial charge on any atom is 0.135 e. The van der Waals surface area contributed by atoms with Gasteiger partial charge in [-0.3, -0.25) is 10.6 Å². The Balaban J connectivity index is 3.34. The van der Waals surface area contributed by atoms with Crippen molar-refractivity contribution in [2.45, 2.75) is 45.4 Å². The molecule has 0 unspecified atom stereocenters. The van der Waals surface area contributed by atoms with Crippen molar-refractivity contribution >= 4 is 11.6 Å². The summed E-state index contributed by atoms with van der Waals surface area (Å²) in [5.74, 6) is 0. The van der Waals surface area contributed by atoms with Crippen LogP contribution in [0.3, 0.4) is 0 Å². The van der Waals surface area contributed by atoms with Crippen LogP contribution in [0.15, 0.2) is 0 Å². The number of alkyl halides is 1. The van der Waals surface area contributed by atoms with Gasteiger partial charge in [0, 0.05) is 12.1 Å². The summed E-state index contributed by atoms with van der Waals surface area (Å²) in [6.45, 7) is 8.27. The molecular weight excluding hydrogens is 148 g/mol. The largest absolute Gasteiger partial charge is 0.287 e. The minimum Gasteiger partial charge on any atom is -0.287 e. The zero-order valence-corrected chi connectivity index (χ0v) is 7.87.